The monoisotopic (exact) mass is 539 g/mol. The predicted octanol–water partition coefficient (Wildman–Crippen LogP) is 6.50. The lowest BCUT2D eigenvalue weighted by Crippen LogP contribution is -2.42. The molecule has 0 heterocycles. The van der Waals surface area contributed by atoms with Crippen LogP contribution in [0.4, 0.5) is 4.79 Å². The molecule has 3 aromatic carbocycles. The van der Waals surface area contributed by atoms with E-state index in [0.29, 0.717) is 12.2 Å². The number of para-hydroxylation sites is 1. The molecule has 0 saturated carbocycles. The second-order valence-corrected chi connectivity index (χ2v) is 10.7. The zero-order chi connectivity index (χ0) is 27.1. The summed E-state index contributed by atoms with van der Waals surface area (Å²) in [5.41, 5.74) is 1.60. The van der Waals surface area contributed by atoms with Crippen molar-refractivity contribution in [3.8, 4) is 5.75 Å². The van der Waals surface area contributed by atoms with Crippen molar-refractivity contribution in [3.05, 3.63) is 102 Å². The molecule has 8 nitrogen and oxygen atoms in total. The highest BCUT2D eigenvalue weighted by Gasteiger charge is 2.32. The molecule has 0 spiro atoms. The number of amides is 1. The van der Waals surface area contributed by atoms with Crippen molar-refractivity contribution >= 4 is 19.7 Å². The van der Waals surface area contributed by atoms with Gasteiger partial charge in [0.15, 0.2) is 0 Å². The van der Waals surface area contributed by atoms with Gasteiger partial charge >= 0.3 is 19.7 Å². The van der Waals surface area contributed by atoms with Gasteiger partial charge in [0.2, 0.25) is 0 Å². The van der Waals surface area contributed by atoms with Crippen molar-refractivity contribution in [2.24, 2.45) is 0 Å². The molecular weight excluding hydrogens is 505 g/mol. The lowest BCUT2D eigenvalue weighted by molar-refractivity contribution is -0.147. The van der Waals surface area contributed by atoms with E-state index in [2.05, 4.69) is 5.32 Å². The van der Waals surface area contributed by atoms with Gasteiger partial charge in [0.25, 0.3) is 0 Å². The quantitative estimate of drug-likeness (QED) is 0.134. The molecule has 2 atom stereocenters. The number of esters is 1. The summed E-state index contributed by atoms with van der Waals surface area (Å²) < 4.78 is 35.8. The Labute approximate surface area is 223 Å². The van der Waals surface area contributed by atoms with Gasteiger partial charge in [0.1, 0.15) is 25.0 Å². The number of carbonyl (C=O) groups is 2. The molecule has 38 heavy (non-hydrogen) atoms. The average molecular weight is 540 g/mol. The summed E-state index contributed by atoms with van der Waals surface area (Å²) in [5.74, 6) is -0.281. The molecule has 0 bridgehead atoms. The van der Waals surface area contributed by atoms with E-state index in [-0.39, 0.29) is 32.4 Å². The Morgan fingerprint density at radius 2 is 1.37 bits per heavy atom. The Kier molecular flexibility index (Phi) is 11.9. The van der Waals surface area contributed by atoms with Gasteiger partial charge in [-0.15, -0.1) is 0 Å². The van der Waals surface area contributed by atoms with E-state index in [1.54, 1.807) is 24.3 Å². The Morgan fingerprint density at radius 1 is 0.816 bits per heavy atom. The summed E-state index contributed by atoms with van der Waals surface area (Å²) in [5, 5.41) is 2.56. The molecule has 3 rings (SSSR count). The van der Waals surface area contributed by atoms with Gasteiger partial charge in [0, 0.05) is 0 Å². The highest BCUT2D eigenvalue weighted by Crippen LogP contribution is 2.49. The van der Waals surface area contributed by atoms with Crippen molar-refractivity contribution in [2.75, 3.05) is 12.8 Å². The molecule has 0 aliphatic heterocycles. The number of nitrogens with one attached hydrogen (secondary N) is 1. The van der Waals surface area contributed by atoms with Crippen LogP contribution in [-0.2, 0) is 36.6 Å². The number of hydrogen-bond donors (Lipinski definition) is 1. The van der Waals surface area contributed by atoms with Crippen LogP contribution < -0.4 is 9.84 Å². The third kappa shape index (κ3) is 10.4. The first kappa shape index (κ1) is 29.0. The fourth-order valence-electron chi connectivity index (χ4n) is 3.40. The van der Waals surface area contributed by atoms with E-state index in [1.807, 2.05) is 73.7 Å². The molecule has 0 radical (unpaired) electrons. The van der Waals surface area contributed by atoms with Crippen LogP contribution in [0.3, 0.4) is 0 Å². The molecule has 9 heteroatoms. The SMILES string of the molecule is CCCCOP(=O)(CCC(NC(=O)OCc1ccccc1)C(=O)OCc1ccccc1)Oc1ccccc1. The lowest BCUT2D eigenvalue weighted by atomic mass is 10.2. The van der Waals surface area contributed by atoms with Gasteiger partial charge < -0.3 is 19.3 Å². The van der Waals surface area contributed by atoms with E-state index in [4.69, 9.17) is 18.5 Å². The topological polar surface area (TPSA) is 100 Å². The van der Waals surface area contributed by atoms with Crippen LogP contribution >= 0.6 is 7.60 Å². The maximum atomic E-state index is 13.6. The second-order valence-electron chi connectivity index (χ2n) is 8.57. The maximum Gasteiger partial charge on any atom is 0.408 e. The largest absolute Gasteiger partial charge is 0.459 e. The van der Waals surface area contributed by atoms with Gasteiger partial charge in [-0.25, -0.2) is 14.2 Å². The van der Waals surface area contributed by atoms with Crippen molar-refractivity contribution in [3.63, 3.8) is 0 Å². The van der Waals surface area contributed by atoms with Crippen LogP contribution in [0, 0.1) is 0 Å². The number of unbranched alkanes of at least 4 members (excludes halogenated alkanes) is 1. The fraction of sp³-hybridized carbons (Fsp3) is 0.310. The van der Waals surface area contributed by atoms with Crippen LogP contribution in [0.2, 0.25) is 0 Å². The molecule has 202 valence electrons. The highest BCUT2D eigenvalue weighted by atomic mass is 31.2. The lowest BCUT2D eigenvalue weighted by Gasteiger charge is -2.22. The van der Waals surface area contributed by atoms with Crippen molar-refractivity contribution in [2.45, 2.75) is 45.4 Å². The van der Waals surface area contributed by atoms with Crippen LogP contribution in [0.25, 0.3) is 0 Å². The predicted molar refractivity (Wildman–Crippen MR) is 145 cm³/mol. The molecule has 0 saturated heterocycles. The van der Waals surface area contributed by atoms with Gasteiger partial charge in [-0.2, -0.15) is 0 Å². The normalized spacial score (nSPS) is 13.1. The Hall–Kier alpha value is -3.61. The summed E-state index contributed by atoms with van der Waals surface area (Å²) in [6.45, 7) is 2.31. The van der Waals surface area contributed by atoms with Crippen LogP contribution in [-0.4, -0.2) is 30.9 Å². The van der Waals surface area contributed by atoms with Gasteiger partial charge in [-0.05, 0) is 36.1 Å². The molecule has 2 unspecified atom stereocenters. The maximum absolute atomic E-state index is 13.6. The zero-order valence-corrected chi connectivity index (χ0v) is 22.4. The average Bonchev–Trinajstić information content (AvgIpc) is 2.94. The molecular formula is C29H34NO7P. The number of ether oxygens (including phenoxy) is 2. The minimum absolute atomic E-state index is 0.0299. The molecule has 3 aromatic rings. The number of carbonyl (C=O) groups excluding carboxylic acids is 2. The molecule has 1 amide bonds. The molecule has 0 fully saturated rings. The van der Waals surface area contributed by atoms with E-state index in [9.17, 15) is 14.2 Å². The van der Waals surface area contributed by atoms with Gasteiger partial charge in [-0.1, -0.05) is 92.2 Å². The van der Waals surface area contributed by atoms with E-state index in [0.717, 1.165) is 17.5 Å². The van der Waals surface area contributed by atoms with Crippen molar-refractivity contribution < 1.29 is 32.7 Å². The van der Waals surface area contributed by atoms with Gasteiger partial charge in [0.05, 0.1) is 12.8 Å². The molecule has 1 N–H and O–H groups in total. The first-order chi connectivity index (χ1) is 18.5. The minimum atomic E-state index is -3.65. The zero-order valence-electron chi connectivity index (χ0n) is 21.5. The summed E-state index contributed by atoms with van der Waals surface area (Å²) >= 11 is 0. The summed E-state index contributed by atoms with van der Waals surface area (Å²) in [7, 11) is -3.65. The van der Waals surface area contributed by atoms with E-state index < -0.39 is 25.7 Å². The third-order valence-corrected chi connectivity index (χ3v) is 7.35. The summed E-state index contributed by atoms with van der Waals surface area (Å²) in [6, 6.07) is 26.0. The smallest absolute Gasteiger partial charge is 0.408 e. The van der Waals surface area contributed by atoms with E-state index >= 15 is 0 Å². The Balaban J connectivity index is 1.68. The Morgan fingerprint density at radius 3 is 1.95 bits per heavy atom. The summed E-state index contributed by atoms with van der Waals surface area (Å²) in [6.07, 6.45) is 0.616. The van der Waals surface area contributed by atoms with Crippen molar-refractivity contribution in [1.29, 1.82) is 0 Å². The van der Waals surface area contributed by atoms with Gasteiger partial charge in [-0.3, -0.25) is 4.52 Å². The van der Waals surface area contributed by atoms with Crippen LogP contribution in [0.1, 0.15) is 37.3 Å². The van der Waals surface area contributed by atoms with E-state index in [1.165, 1.54) is 0 Å². The second kappa shape index (κ2) is 15.6. The number of rotatable bonds is 15. The van der Waals surface area contributed by atoms with Crippen molar-refractivity contribution in [1.82, 2.24) is 5.32 Å². The first-order valence-corrected chi connectivity index (χ1v) is 14.4. The van der Waals surface area contributed by atoms with Crippen LogP contribution in [0.15, 0.2) is 91.0 Å². The first-order valence-electron chi connectivity index (χ1n) is 12.6. The Bertz CT molecular complexity index is 1160. The molecule has 0 aliphatic rings. The fourth-order valence-corrected chi connectivity index (χ4v) is 5.10. The number of benzene rings is 3. The minimum Gasteiger partial charge on any atom is -0.459 e. The summed E-state index contributed by atoms with van der Waals surface area (Å²) in [4.78, 5) is 25.6. The standard InChI is InChI=1S/C29H34NO7P/c1-2-3-20-36-38(33,37-26-17-11-6-12-18-26)21-19-27(28(31)34-22-24-13-7-4-8-14-24)30-29(32)35-23-25-15-9-5-10-16-25/h4-18,27H,2-3,19-23H2,1H3,(H,30,32). The third-order valence-electron chi connectivity index (χ3n) is 5.48. The highest BCUT2D eigenvalue weighted by molar-refractivity contribution is 7.54. The molecule has 0 aliphatic carbocycles. The number of hydrogen-bond acceptors (Lipinski definition) is 7. The van der Waals surface area contributed by atoms with Crippen LogP contribution in [0.5, 0.6) is 5.75 Å². The number of alkyl carbamates (subject to hydrolysis) is 1. The molecule has 0 aromatic heterocycles.